The predicted octanol–water partition coefficient (Wildman–Crippen LogP) is 3.61. The highest BCUT2D eigenvalue weighted by atomic mass is 19.4. The summed E-state index contributed by atoms with van der Waals surface area (Å²) in [5.74, 6) is -1.11. The molecule has 0 radical (unpaired) electrons. The highest BCUT2D eigenvalue weighted by Gasteiger charge is 2.30. The van der Waals surface area contributed by atoms with E-state index < -0.39 is 53.1 Å². The van der Waals surface area contributed by atoms with E-state index in [0.29, 0.717) is 0 Å². The van der Waals surface area contributed by atoms with Crippen molar-refractivity contribution < 1.29 is 38.0 Å². The molecule has 0 saturated carbocycles. The van der Waals surface area contributed by atoms with E-state index in [-0.39, 0.29) is 32.1 Å². The fourth-order valence-corrected chi connectivity index (χ4v) is 1.91. The Labute approximate surface area is 154 Å². The van der Waals surface area contributed by atoms with Gasteiger partial charge in [0, 0.05) is 5.69 Å². The maximum absolute atomic E-state index is 13.0. The largest absolute Gasteiger partial charge is 0.460 e. The number of benzene rings is 2. The number of esters is 1. The van der Waals surface area contributed by atoms with Gasteiger partial charge in [0.2, 0.25) is 0 Å². The van der Waals surface area contributed by atoms with Crippen LogP contribution in [0.15, 0.2) is 48.4 Å². The van der Waals surface area contributed by atoms with Crippen molar-refractivity contribution in [2.45, 2.75) is 6.18 Å². The summed E-state index contributed by atoms with van der Waals surface area (Å²) in [4.78, 5) is 12.5. The highest BCUT2D eigenvalue weighted by molar-refractivity contribution is 5.96. The average Bonchev–Trinajstić information content (AvgIpc) is 2.70. The topological polar surface area (TPSA) is 67.8 Å². The molecule has 2 rings (SSSR count). The van der Waals surface area contributed by atoms with Gasteiger partial charge in [-0.25, -0.2) is 4.79 Å². The number of rotatable bonds is 8. The van der Waals surface area contributed by atoms with Crippen molar-refractivity contribution in [3.63, 3.8) is 0 Å². The molecule has 2 N–H and O–H groups in total. The number of halogens is 3. The molecule has 0 saturated heterocycles. The van der Waals surface area contributed by atoms with Gasteiger partial charge in [-0.3, -0.25) is 0 Å². The molecule has 0 atom stereocenters. The second kappa shape index (κ2) is 9.21. The molecule has 2 aromatic carbocycles. The molecular formula is C18H18F3NO4. The molecule has 0 spiro atoms. The summed E-state index contributed by atoms with van der Waals surface area (Å²) in [5, 5.41) is 11.1. The quantitative estimate of drug-likeness (QED) is 0.547. The monoisotopic (exact) mass is 373 g/mol. The van der Waals surface area contributed by atoms with E-state index in [1.54, 1.807) is 0 Å². The Morgan fingerprint density at radius 1 is 1.19 bits per heavy atom. The van der Waals surface area contributed by atoms with E-state index in [1.807, 2.05) is 0 Å². The molecule has 0 heterocycles. The number of aliphatic hydroxyl groups excluding tert-OH is 1. The van der Waals surface area contributed by atoms with Crippen molar-refractivity contribution in [1.82, 2.24) is 0 Å². The Hall–Kier alpha value is -2.58. The molecule has 0 aliphatic rings. The number of alkyl halides is 3. The van der Waals surface area contributed by atoms with Crippen LogP contribution in [0.3, 0.4) is 0 Å². The molecule has 8 heteroatoms. The van der Waals surface area contributed by atoms with E-state index in [2.05, 4.69) is 5.32 Å². The molecule has 0 aromatic heterocycles. The van der Waals surface area contributed by atoms with Crippen molar-refractivity contribution in [3.05, 3.63) is 59.6 Å². The van der Waals surface area contributed by atoms with E-state index in [0.717, 1.165) is 18.2 Å². The Bertz CT molecular complexity index is 925. The molecule has 5 nitrogen and oxygen atoms in total. The van der Waals surface area contributed by atoms with Crippen LogP contribution in [0.4, 0.5) is 24.5 Å². The van der Waals surface area contributed by atoms with Crippen LogP contribution in [-0.2, 0) is 15.7 Å². The molecule has 0 fully saturated rings. The van der Waals surface area contributed by atoms with Gasteiger partial charge >= 0.3 is 12.1 Å². The summed E-state index contributed by atoms with van der Waals surface area (Å²) in [6, 6.07) is 1.26. The molecule has 0 unspecified atom stereocenters. The smallest absolute Gasteiger partial charge is 0.416 e. The number of para-hydroxylation sites is 1. The summed E-state index contributed by atoms with van der Waals surface area (Å²) in [5.41, 5.74) is -2.07. The minimum Gasteiger partial charge on any atom is -0.460 e. The van der Waals surface area contributed by atoms with Crippen LogP contribution in [0, 0.1) is 0 Å². The maximum atomic E-state index is 13.0. The molecule has 0 amide bonds. The zero-order valence-electron chi connectivity index (χ0n) is 17.4. The van der Waals surface area contributed by atoms with Crippen LogP contribution in [-0.4, -0.2) is 37.5 Å². The highest BCUT2D eigenvalue weighted by Crippen LogP contribution is 2.31. The SMILES string of the molecule is [2H]c1c([2H])c([2H])c(C(=O)OCCOCCO)c(Nc2cccc(C(F)(F)F)c2)c1[2H]. The van der Waals surface area contributed by atoms with Crippen molar-refractivity contribution in [2.24, 2.45) is 0 Å². The van der Waals surface area contributed by atoms with Gasteiger partial charge in [-0.1, -0.05) is 18.2 Å². The van der Waals surface area contributed by atoms with E-state index in [4.69, 9.17) is 20.1 Å². The number of hydrogen-bond donors (Lipinski definition) is 2. The van der Waals surface area contributed by atoms with Crippen molar-refractivity contribution >= 4 is 17.3 Å². The number of hydrogen-bond acceptors (Lipinski definition) is 5. The van der Waals surface area contributed by atoms with E-state index in [1.165, 1.54) is 6.07 Å². The molecule has 140 valence electrons. The van der Waals surface area contributed by atoms with Crippen molar-refractivity contribution in [3.8, 4) is 0 Å². The molecule has 26 heavy (non-hydrogen) atoms. The minimum atomic E-state index is -4.62. The van der Waals surface area contributed by atoms with Crippen LogP contribution in [0.2, 0.25) is 0 Å². The van der Waals surface area contributed by atoms with Crippen molar-refractivity contribution in [2.75, 3.05) is 31.7 Å². The lowest BCUT2D eigenvalue weighted by atomic mass is 10.1. The van der Waals surface area contributed by atoms with Crippen LogP contribution in [0.25, 0.3) is 0 Å². The molecule has 0 bridgehead atoms. The number of carbonyl (C=O) groups is 1. The molecular weight excluding hydrogens is 351 g/mol. The second-order valence-corrected chi connectivity index (χ2v) is 4.93. The molecule has 2 aromatic rings. The Morgan fingerprint density at radius 3 is 2.69 bits per heavy atom. The molecule has 0 aliphatic heterocycles. The minimum absolute atomic E-state index is 0.0187. The predicted molar refractivity (Wildman–Crippen MR) is 89.4 cm³/mol. The van der Waals surface area contributed by atoms with Gasteiger partial charge in [-0.15, -0.1) is 0 Å². The first-order chi connectivity index (χ1) is 14.1. The van der Waals surface area contributed by atoms with Gasteiger partial charge in [0.15, 0.2) is 0 Å². The third-order valence-corrected chi connectivity index (χ3v) is 3.05. The fourth-order valence-electron chi connectivity index (χ4n) is 1.91. The summed E-state index contributed by atoms with van der Waals surface area (Å²) < 4.78 is 80.3. The standard InChI is InChI=1S/C18H18F3NO4/c19-18(20,21)13-4-3-5-14(12-13)22-16-7-2-1-6-15(16)17(24)26-11-10-25-9-8-23/h1-7,12,22-23H,8-11H2/i1D,2D,6D,7D. The first-order valence-electron chi connectivity index (χ1n) is 9.48. The van der Waals surface area contributed by atoms with E-state index in [9.17, 15) is 18.0 Å². The van der Waals surface area contributed by atoms with Gasteiger partial charge in [0.25, 0.3) is 0 Å². The van der Waals surface area contributed by atoms with E-state index >= 15 is 0 Å². The zero-order valence-corrected chi connectivity index (χ0v) is 13.4. The third-order valence-electron chi connectivity index (χ3n) is 3.05. The second-order valence-electron chi connectivity index (χ2n) is 4.93. The van der Waals surface area contributed by atoms with Gasteiger partial charge in [0.1, 0.15) is 6.61 Å². The summed E-state index contributed by atoms with van der Waals surface area (Å²) in [6.45, 7) is -0.533. The summed E-state index contributed by atoms with van der Waals surface area (Å²) >= 11 is 0. The Kier molecular flexibility index (Phi) is 5.16. The fraction of sp³-hybridized carbons (Fsp3) is 0.278. The molecule has 0 aliphatic carbocycles. The van der Waals surface area contributed by atoms with Gasteiger partial charge in [0.05, 0.1) is 42.1 Å². The zero-order chi connectivity index (χ0) is 22.5. The summed E-state index contributed by atoms with van der Waals surface area (Å²) in [7, 11) is 0. The third kappa shape index (κ3) is 5.75. The lowest BCUT2D eigenvalue weighted by Gasteiger charge is -2.13. The van der Waals surface area contributed by atoms with Crippen LogP contribution < -0.4 is 5.32 Å². The number of carbonyl (C=O) groups excluding carboxylic acids is 1. The van der Waals surface area contributed by atoms with Gasteiger partial charge < -0.3 is 19.9 Å². The number of aliphatic hydroxyl groups is 1. The number of ether oxygens (including phenoxy) is 2. The van der Waals surface area contributed by atoms with Crippen LogP contribution in [0.1, 0.15) is 21.4 Å². The number of nitrogens with one attached hydrogen (secondary N) is 1. The Balaban J connectivity index is 2.40. The average molecular weight is 373 g/mol. The van der Waals surface area contributed by atoms with Crippen molar-refractivity contribution in [1.29, 1.82) is 0 Å². The summed E-state index contributed by atoms with van der Waals surface area (Å²) in [6.07, 6.45) is -4.62. The Morgan fingerprint density at radius 2 is 1.96 bits per heavy atom. The lowest BCUT2D eigenvalue weighted by molar-refractivity contribution is -0.137. The van der Waals surface area contributed by atoms with Crippen LogP contribution in [0.5, 0.6) is 0 Å². The van der Waals surface area contributed by atoms with Gasteiger partial charge in [-0.05, 0) is 30.3 Å². The van der Waals surface area contributed by atoms with Gasteiger partial charge in [-0.2, -0.15) is 13.2 Å². The number of anilines is 2. The normalized spacial score (nSPS) is 13.4. The van der Waals surface area contributed by atoms with Crippen LogP contribution >= 0.6 is 0 Å². The first kappa shape index (κ1) is 14.6. The maximum Gasteiger partial charge on any atom is 0.416 e. The first-order valence-corrected chi connectivity index (χ1v) is 7.48. The lowest BCUT2D eigenvalue weighted by Crippen LogP contribution is -2.13.